The van der Waals surface area contributed by atoms with Crippen LogP contribution in [0.1, 0.15) is 92.2 Å². The molecule has 3 atom stereocenters. The number of hydrogen-bond acceptors (Lipinski definition) is 7. The first-order valence-electron chi connectivity index (χ1n) is 16.5. The summed E-state index contributed by atoms with van der Waals surface area (Å²) in [5, 5.41) is 6.65. The number of amides is 1. The molecule has 2 rings (SSSR count). The van der Waals surface area contributed by atoms with Gasteiger partial charge < -0.3 is 20.5 Å². The monoisotopic (exact) mass is 664 g/mol. The molecule has 0 bridgehead atoms. The summed E-state index contributed by atoms with van der Waals surface area (Å²) >= 11 is 0. The number of Topliss-reactive ketones (excluding diaryl/α,β-unsaturated/α-hetero) is 2. The number of nitrogens with zero attached hydrogens (tertiary/aromatic N) is 3. The summed E-state index contributed by atoms with van der Waals surface area (Å²) in [6, 6.07) is 16.1. The Balaban J connectivity index is 2.35. The number of quaternary nitrogens is 1. The second-order valence-corrected chi connectivity index (χ2v) is 14.9. The molecule has 0 saturated carbocycles. The number of benzene rings is 2. The fourth-order valence-corrected chi connectivity index (χ4v) is 5.37. The van der Waals surface area contributed by atoms with E-state index in [0.29, 0.717) is 18.6 Å². The Morgan fingerprint density at radius 3 is 2.00 bits per heavy atom. The maximum Gasteiger partial charge on any atom is 0.312 e. The molecule has 11 heteroatoms. The summed E-state index contributed by atoms with van der Waals surface area (Å²) in [5.74, 6) is -2.01. The van der Waals surface area contributed by atoms with E-state index in [0.717, 1.165) is 11.1 Å². The number of ketones is 2. The molecule has 0 saturated heterocycles. The van der Waals surface area contributed by atoms with E-state index in [1.807, 2.05) is 89.2 Å². The van der Waals surface area contributed by atoms with Gasteiger partial charge >= 0.3 is 5.97 Å². The van der Waals surface area contributed by atoms with Crippen molar-refractivity contribution in [3.05, 3.63) is 76.2 Å². The normalized spacial score (nSPS) is 13.8. The fraction of sp³-hybridized carbons (Fsp3) is 0.568. The standard InChI is InChI=1S/C37H53N5O6/c1-35(2,3)47-28-18-16-26(17-19-28)21-27(23-32(44)30(38)24-33(45)48-36(4,5)6)34(46)41-37(7,8)29(22-25-13-10-9-11-14-25)31(43)15-12-20-40-42-39/h9-11,13-14,16-19,27,29-30H,12,15,20-24,38H2,1-8H3,(H,41,46)/p+1/t27-,29+,30+/m1/s1. The summed E-state index contributed by atoms with van der Waals surface area (Å²) in [6.07, 6.45) is 0.873. The molecular formula is C37H54N5O6+. The first-order chi connectivity index (χ1) is 22.3. The molecule has 0 aliphatic heterocycles. The van der Waals surface area contributed by atoms with Gasteiger partial charge in [-0.3, -0.25) is 19.2 Å². The smallest absolute Gasteiger partial charge is 0.312 e. The van der Waals surface area contributed by atoms with Crippen LogP contribution in [0.4, 0.5) is 0 Å². The van der Waals surface area contributed by atoms with Crippen LogP contribution in [0.15, 0.2) is 59.7 Å². The number of nitrogens with one attached hydrogen (secondary N) is 1. The number of carbonyl (C=O) groups excluding carboxylic acids is 4. The van der Waals surface area contributed by atoms with Gasteiger partial charge in [-0.25, -0.2) is 0 Å². The van der Waals surface area contributed by atoms with E-state index in [-0.39, 0.29) is 55.3 Å². The van der Waals surface area contributed by atoms with Crippen molar-refractivity contribution in [1.82, 2.24) is 5.32 Å². The molecule has 48 heavy (non-hydrogen) atoms. The Labute approximate surface area is 285 Å². The number of hydrogen-bond donors (Lipinski definition) is 2. The minimum absolute atomic E-state index is 0.0606. The quantitative estimate of drug-likeness (QED) is 0.0676. The first-order valence-corrected chi connectivity index (χ1v) is 16.5. The zero-order chi connectivity index (χ0) is 36.1. The number of carbonyl (C=O) groups is 4. The van der Waals surface area contributed by atoms with Gasteiger partial charge in [-0.05, 0) is 103 Å². The van der Waals surface area contributed by atoms with Gasteiger partial charge in [0.15, 0.2) is 11.8 Å². The Hall–Kier alpha value is -4.21. The van der Waals surface area contributed by atoms with Crippen molar-refractivity contribution >= 4 is 23.4 Å². The predicted octanol–water partition coefficient (Wildman–Crippen LogP) is 5.74. The summed E-state index contributed by atoms with van der Waals surface area (Å²) in [7, 11) is 0. The summed E-state index contributed by atoms with van der Waals surface area (Å²) < 4.78 is 11.3. The second-order valence-electron chi connectivity index (χ2n) is 14.9. The van der Waals surface area contributed by atoms with Crippen molar-refractivity contribution in [3.8, 4) is 5.75 Å². The molecule has 0 aliphatic carbocycles. The molecule has 0 spiro atoms. The van der Waals surface area contributed by atoms with E-state index in [9.17, 15) is 19.2 Å². The largest absolute Gasteiger partial charge is 0.488 e. The van der Waals surface area contributed by atoms with Gasteiger partial charge in [-0.2, -0.15) is 0 Å². The third kappa shape index (κ3) is 14.7. The van der Waals surface area contributed by atoms with E-state index in [4.69, 9.17) is 15.0 Å². The maximum atomic E-state index is 14.1. The van der Waals surface area contributed by atoms with E-state index in [2.05, 4.69) is 21.1 Å². The molecule has 0 radical (unpaired) electrons. The van der Waals surface area contributed by atoms with E-state index in [1.54, 1.807) is 20.8 Å². The van der Waals surface area contributed by atoms with Crippen molar-refractivity contribution in [2.45, 2.75) is 117 Å². The fourth-order valence-electron chi connectivity index (χ4n) is 5.37. The lowest BCUT2D eigenvalue weighted by molar-refractivity contribution is -0.403. The highest BCUT2D eigenvalue weighted by Gasteiger charge is 2.38. The Kier molecular flexibility index (Phi) is 14.8. The van der Waals surface area contributed by atoms with Gasteiger partial charge in [-0.1, -0.05) is 47.6 Å². The van der Waals surface area contributed by atoms with Crippen LogP contribution in [0.5, 0.6) is 5.75 Å². The van der Waals surface area contributed by atoms with Crippen molar-refractivity contribution < 1.29 is 34.4 Å². The highest BCUT2D eigenvalue weighted by Crippen LogP contribution is 2.27. The van der Waals surface area contributed by atoms with Crippen molar-refractivity contribution in [2.24, 2.45) is 17.0 Å². The molecule has 0 aliphatic rings. The molecule has 0 unspecified atom stereocenters. The van der Waals surface area contributed by atoms with Crippen LogP contribution in [0.2, 0.25) is 0 Å². The molecule has 1 amide bonds. The van der Waals surface area contributed by atoms with Crippen LogP contribution in [-0.2, 0) is 36.8 Å². The highest BCUT2D eigenvalue weighted by atomic mass is 16.6. The zero-order valence-corrected chi connectivity index (χ0v) is 29.9. The highest BCUT2D eigenvalue weighted by molar-refractivity contribution is 5.92. The van der Waals surface area contributed by atoms with Crippen LogP contribution < -0.4 is 15.8 Å². The summed E-state index contributed by atoms with van der Waals surface area (Å²) in [4.78, 5) is 56.3. The molecule has 0 fully saturated rings. The van der Waals surface area contributed by atoms with Crippen LogP contribution >= 0.6 is 0 Å². The summed E-state index contributed by atoms with van der Waals surface area (Å²) in [6.45, 7) is 14.9. The van der Waals surface area contributed by atoms with Crippen molar-refractivity contribution in [1.29, 1.82) is 0 Å². The Bertz CT molecular complexity index is 1420. The second kappa shape index (κ2) is 17.8. The van der Waals surface area contributed by atoms with E-state index >= 15 is 0 Å². The van der Waals surface area contributed by atoms with E-state index < -0.39 is 35.0 Å². The number of ether oxygens (including phenoxy) is 2. The van der Waals surface area contributed by atoms with Crippen LogP contribution in [0, 0.1) is 11.8 Å². The molecule has 4 N–H and O–H groups in total. The van der Waals surface area contributed by atoms with E-state index in [1.165, 1.54) is 0 Å². The lowest BCUT2D eigenvalue weighted by Gasteiger charge is -2.36. The molecule has 2 aromatic carbocycles. The van der Waals surface area contributed by atoms with Crippen LogP contribution in [-0.4, -0.2) is 52.8 Å². The molecule has 262 valence electrons. The average molecular weight is 665 g/mol. The molecular weight excluding hydrogens is 610 g/mol. The van der Waals surface area contributed by atoms with Gasteiger partial charge in [0.25, 0.3) is 0 Å². The molecule has 0 heterocycles. The van der Waals surface area contributed by atoms with Crippen LogP contribution in [0.25, 0.3) is 10.4 Å². The number of esters is 1. The first kappa shape index (κ1) is 40.0. The zero-order valence-electron chi connectivity index (χ0n) is 29.9. The molecule has 0 aromatic heterocycles. The maximum absolute atomic E-state index is 14.1. The molecule has 11 nitrogen and oxygen atoms in total. The third-order valence-electron chi connectivity index (χ3n) is 7.67. The number of rotatable bonds is 18. The predicted molar refractivity (Wildman–Crippen MR) is 185 cm³/mol. The van der Waals surface area contributed by atoms with Gasteiger partial charge in [0.1, 0.15) is 29.2 Å². The third-order valence-corrected chi connectivity index (χ3v) is 7.67. The van der Waals surface area contributed by atoms with Gasteiger partial charge in [0.05, 0.1) is 0 Å². The molecule has 2 aromatic rings. The number of azide groups is 1. The Morgan fingerprint density at radius 1 is 0.833 bits per heavy atom. The van der Waals surface area contributed by atoms with Gasteiger partial charge in [-0.15, -0.1) is 0 Å². The van der Waals surface area contributed by atoms with Crippen molar-refractivity contribution in [3.63, 3.8) is 0 Å². The van der Waals surface area contributed by atoms with Gasteiger partial charge in [0.2, 0.25) is 5.91 Å². The van der Waals surface area contributed by atoms with Crippen LogP contribution in [0.3, 0.4) is 0 Å². The SMILES string of the molecule is CC(C)(C)OC(=O)C[C@H]([NH3+])C(=O)C[C@@H](Cc1ccc(OC(C)(C)C)cc1)C(=O)NC(C)(C)[C@@H](Cc1ccccc1)C(=O)CCCN=[N+]=[N-]. The Morgan fingerprint density at radius 2 is 1.44 bits per heavy atom. The summed E-state index contributed by atoms with van der Waals surface area (Å²) in [5.41, 5.74) is 12.2. The lowest BCUT2D eigenvalue weighted by atomic mass is 9.78. The minimum Gasteiger partial charge on any atom is -0.488 e. The van der Waals surface area contributed by atoms with Crippen molar-refractivity contribution in [2.75, 3.05) is 6.54 Å². The minimum atomic E-state index is -0.991. The topological polar surface area (TPSA) is 175 Å². The van der Waals surface area contributed by atoms with Gasteiger partial charge in [0, 0.05) is 41.7 Å². The average Bonchev–Trinajstić information content (AvgIpc) is 2.97. The lowest BCUT2D eigenvalue weighted by Crippen LogP contribution is -2.66.